The summed E-state index contributed by atoms with van der Waals surface area (Å²) < 4.78 is 5.55. The van der Waals surface area contributed by atoms with Crippen molar-refractivity contribution in [2.75, 3.05) is 0 Å². The number of nitrogens with zero attached hydrogens (tertiary/aromatic N) is 1. The molecule has 2 N–H and O–H groups in total. The Balaban J connectivity index is 2.04. The largest absolute Gasteiger partial charge is 0.480 e. The summed E-state index contributed by atoms with van der Waals surface area (Å²) in [6.45, 7) is 3.66. The molecule has 0 bridgehead atoms. The minimum atomic E-state index is -1.05. The first kappa shape index (κ1) is 17.5. The highest BCUT2D eigenvalue weighted by molar-refractivity contribution is 5.96. The summed E-state index contributed by atoms with van der Waals surface area (Å²) in [7, 11) is 0. The second kappa shape index (κ2) is 8.10. The van der Waals surface area contributed by atoms with Crippen molar-refractivity contribution in [2.24, 2.45) is 5.92 Å². The Hall–Kier alpha value is -2.89. The molecular formula is C18H20N2O4. The van der Waals surface area contributed by atoms with Gasteiger partial charge < -0.3 is 15.2 Å². The molecule has 0 unspecified atom stereocenters. The lowest BCUT2D eigenvalue weighted by atomic mass is 9.99. The second-order valence-corrected chi connectivity index (χ2v) is 5.48. The highest BCUT2D eigenvalue weighted by Gasteiger charge is 2.25. The van der Waals surface area contributed by atoms with Crippen LogP contribution in [0, 0.1) is 5.92 Å². The molecule has 24 heavy (non-hydrogen) atoms. The number of ether oxygens (including phenoxy) is 1. The molecule has 2 rings (SSSR count). The zero-order valence-corrected chi connectivity index (χ0v) is 13.6. The molecule has 0 aliphatic heterocycles. The molecular weight excluding hydrogens is 308 g/mol. The van der Waals surface area contributed by atoms with Crippen molar-refractivity contribution >= 4 is 11.9 Å². The molecule has 2 aromatic rings. The van der Waals surface area contributed by atoms with Crippen LogP contribution in [0.2, 0.25) is 0 Å². The van der Waals surface area contributed by atoms with E-state index in [2.05, 4.69) is 10.3 Å². The fraction of sp³-hybridized carbons (Fsp3) is 0.278. The molecule has 0 saturated heterocycles. The minimum Gasteiger partial charge on any atom is -0.480 e. The smallest absolute Gasteiger partial charge is 0.326 e. The highest BCUT2D eigenvalue weighted by atomic mass is 16.5. The molecule has 0 fully saturated rings. The van der Waals surface area contributed by atoms with Crippen LogP contribution in [0.4, 0.5) is 0 Å². The summed E-state index contributed by atoms with van der Waals surface area (Å²) in [6.07, 6.45) is 2.02. The van der Waals surface area contributed by atoms with Gasteiger partial charge in [0.05, 0.1) is 5.56 Å². The van der Waals surface area contributed by atoms with Gasteiger partial charge in [-0.1, -0.05) is 38.5 Å². The first-order chi connectivity index (χ1) is 11.5. The van der Waals surface area contributed by atoms with Crippen molar-refractivity contribution in [1.82, 2.24) is 10.3 Å². The van der Waals surface area contributed by atoms with Crippen LogP contribution in [0.25, 0.3) is 0 Å². The Morgan fingerprint density at radius 2 is 1.92 bits per heavy atom. The van der Waals surface area contributed by atoms with E-state index in [9.17, 15) is 14.7 Å². The third kappa shape index (κ3) is 4.55. The van der Waals surface area contributed by atoms with E-state index in [-0.39, 0.29) is 11.5 Å². The van der Waals surface area contributed by atoms with Gasteiger partial charge in [0.25, 0.3) is 5.91 Å². The van der Waals surface area contributed by atoms with Crippen molar-refractivity contribution in [3.05, 3.63) is 54.2 Å². The number of benzene rings is 1. The molecule has 0 aliphatic carbocycles. The van der Waals surface area contributed by atoms with Crippen LogP contribution in [-0.2, 0) is 4.79 Å². The number of para-hydroxylation sites is 1. The maximum atomic E-state index is 12.2. The molecule has 6 nitrogen and oxygen atoms in total. The zero-order valence-electron chi connectivity index (χ0n) is 13.6. The van der Waals surface area contributed by atoms with E-state index in [1.54, 1.807) is 31.2 Å². The molecule has 0 saturated carbocycles. The van der Waals surface area contributed by atoms with Gasteiger partial charge in [-0.2, -0.15) is 0 Å². The number of carbonyl (C=O) groups is 2. The Kier molecular flexibility index (Phi) is 5.89. The molecule has 1 aromatic carbocycles. The van der Waals surface area contributed by atoms with Crippen molar-refractivity contribution in [3.8, 4) is 11.6 Å². The molecule has 0 aliphatic rings. The van der Waals surface area contributed by atoms with Gasteiger partial charge >= 0.3 is 5.97 Å². The molecule has 6 heteroatoms. The molecule has 0 spiro atoms. The maximum Gasteiger partial charge on any atom is 0.326 e. The van der Waals surface area contributed by atoms with Crippen molar-refractivity contribution in [3.63, 3.8) is 0 Å². The Bertz CT molecular complexity index is 686. The number of amides is 1. The number of carboxylic acids is 1. The van der Waals surface area contributed by atoms with Gasteiger partial charge in [-0.25, -0.2) is 9.78 Å². The lowest BCUT2D eigenvalue weighted by Crippen LogP contribution is -2.45. The van der Waals surface area contributed by atoms with E-state index in [1.807, 2.05) is 25.1 Å². The number of rotatable bonds is 7. The van der Waals surface area contributed by atoms with Crippen molar-refractivity contribution < 1.29 is 19.4 Å². The van der Waals surface area contributed by atoms with Gasteiger partial charge in [0.1, 0.15) is 11.8 Å². The van der Waals surface area contributed by atoms with Crippen LogP contribution >= 0.6 is 0 Å². The predicted molar refractivity (Wildman–Crippen MR) is 89.1 cm³/mol. The number of hydrogen-bond donors (Lipinski definition) is 2. The molecule has 2 atom stereocenters. The van der Waals surface area contributed by atoms with Crippen LogP contribution in [0.15, 0.2) is 48.7 Å². The van der Waals surface area contributed by atoms with E-state index in [0.29, 0.717) is 18.1 Å². The molecule has 1 aromatic heterocycles. The normalized spacial score (nSPS) is 12.9. The average Bonchev–Trinajstić information content (AvgIpc) is 2.60. The van der Waals surface area contributed by atoms with Gasteiger partial charge in [0, 0.05) is 12.3 Å². The first-order valence-electron chi connectivity index (χ1n) is 7.74. The third-order valence-corrected chi connectivity index (χ3v) is 3.73. The molecule has 1 heterocycles. The fourth-order valence-corrected chi connectivity index (χ4v) is 2.09. The monoisotopic (exact) mass is 328 g/mol. The van der Waals surface area contributed by atoms with Gasteiger partial charge in [-0.3, -0.25) is 4.79 Å². The fourth-order valence-electron chi connectivity index (χ4n) is 2.09. The van der Waals surface area contributed by atoms with E-state index in [0.717, 1.165) is 0 Å². The molecule has 126 valence electrons. The minimum absolute atomic E-state index is 0.167. The third-order valence-electron chi connectivity index (χ3n) is 3.73. The van der Waals surface area contributed by atoms with Crippen LogP contribution in [0.1, 0.15) is 30.6 Å². The zero-order chi connectivity index (χ0) is 17.5. The van der Waals surface area contributed by atoms with Crippen molar-refractivity contribution in [1.29, 1.82) is 0 Å². The SMILES string of the molecule is CC[C@H](C)[C@H](NC(=O)c1ccc(Oc2ccccc2)nc1)C(=O)O. The quantitative estimate of drug-likeness (QED) is 0.815. The Morgan fingerprint density at radius 1 is 1.21 bits per heavy atom. The van der Waals surface area contributed by atoms with Crippen LogP contribution in [0.5, 0.6) is 11.6 Å². The lowest BCUT2D eigenvalue weighted by Gasteiger charge is -2.20. The number of nitrogens with one attached hydrogen (secondary N) is 1. The topological polar surface area (TPSA) is 88.5 Å². The van der Waals surface area contributed by atoms with Crippen LogP contribution in [-0.4, -0.2) is 28.0 Å². The predicted octanol–water partition coefficient (Wildman–Crippen LogP) is 3.10. The van der Waals surface area contributed by atoms with E-state index >= 15 is 0 Å². The highest BCUT2D eigenvalue weighted by Crippen LogP contribution is 2.18. The standard InChI is InChI=1S/C18H20N2O4/c1-3-12(2)16(18(22)23)20-17(21)13-9-10-15(19-11-13)24-14-7-5-4-6-8-14/h4-12,16H,3H2,1-2H3,(H,20,21)(H,22,23)/t12-,16-/m0/s1. The number of carboxylic acid groups (broad SMARTS) is 1. The summed E-state index contributed by atoms with van der Waals surface area (Å²) >= 11 is 0. The Morgan fingerprint density at radius 3 is 2.46 bits per heavy atom. The lowest BCUT2D eigenvalue weighted by molar-refractivity contribution is -0.140. The summed E-state index contributed by atoms with van der Waals surface area (Å²) in [6, 6.07) is 11.4. The van der Waals surface area contributed by atoms with Crippen molar-refractivity contribution in [2.45, 2.75) is 26.3 Å². The second-order valence-electron chi connectivity index (χ2n) is 5.48. The summed E-state index contributed by atoms with van der Waals surface area (Å²) in [5, 5.41) is 11.8. The van der Waals surface area contributed by atoms with Crippen LogP contribution < -0.4 is 10.1 Å². The van der Waals surface area contributed by atoms with E-state index < -0.39 is 17.9 Å². The summed E-state index contributed by atoms with van der Waals surface area (Å²) in [4.78, 5) is 27.5. The number of aliphatic carboxylic acids is 1. The number of hydrogen-bond acceptors (Lipinski definition) is 4. The van der Waals surface area contributed by atoms with Crippen LogP contribution in [0.3, 0.4) is 0 Å². The number of pyridine rings is 1. The molecule has 0 radical (unpaired) electrons. The number of carbonyl (C=O) groups excluding carboxylic acids is 1. The van der Waals surface area contributed by atoms with E-state index in [4.69, 9.17) is 4.74 Å². The van der Waals surface area contributed by atoms with Gasteiger partial charge in [0.2, 0.25) is 5.88 Å². The summed E-state index contributed by atoms with van der Waals surface area (Å²) in [5.41, 5.74) is 0.282. The summed E-state index contributed by atoms with van der Waals surface area (Å²) in [5.74, 6) is -0.685. The van der Waals surface area contributed by atoms with Gasteiger partial charge in [-0.05, 0) is 24.1 Å². The molecule has 1 amide bonds. The van der Waals surface area contributed by atoms with E-state index in [1.165, 1.54) is 6.20 Å². The number of aromatic nitrogens is 1. The average molecular weight is 328 g/mol. The van der Waals surface area contributed by atoms with Gasteiger partial charge in [0.15, 0.2) is 0 Å². The maximum absolute atomic E-state index is 12.2. The van der Waals surface area contributed by atoms with Gasteiger partial charge in [-0.15, -0.1) is 0 Å². The Labute approximate surface area is 140 Å². The first-order valence-corrected chi connectivity index (χ1v) is 7.74.